The summed E-state index contributed by atoms with van der Waals surface area (Å²) in [5.74, 6) is -0.628. The third-order valence-electron chi connectivity index (χ3n) is 3.65. The van der Waals surface area contributed by atoms with E-state index in [9.17, 15) is 19.6 Å². The van der Waals surface area contributed by atoms with Crippen LogP contribution >= 0.6 is 7.82 Å². The highest BCUT2D eigenvalue weighted by Crippen LogP contribution is 2.51. The Balaban J connectivity index is 2.01. The van der Waals surface area contributed by atoms with Crippen LogP contribution in [-0.4, -0.2) is 34.8 Å². The minimum absolute atomic E-state index is 0.0295. The van der Waals surface area contributed by atoms with Crippen molar-refractivity contribution in [2.45, 2.75) is 32.3 Å². The molecule has 2 aromatic carbocycles. The summed E-state index contributed by atoms with van der Waals surface area (Å²) in [7, 11) is -4.06. The zero-order chi connectivity index (χ0) is 19.7. The van der Waals surface area contributed by atoms with Gasteiger partial charge in [0, 0.05) is 0 Å². The molecule has 8 heteroatoms. The number of phosphoric acid groups is 1. The van der Waals surface area contributed by atoms with Crippen LogP contribution in [0.5, 0.6) is 0 Å². The third kappa shape index (κ3) is 7.34. The zero-order valence-corrected chi connectivity index (χ0v) is 15.8. The van der Waals surface area contributed by atoms with Gasteiger partial charge in [-0.1, -0.05) is 60.7 Å². The highest BCUT2D eigenvalue weighted by molar-refractivity contribution is 7.48. The summed E-state index contributed by atoms with van der Waals surface area (Å²) in [6, 6.07) is 18.1. The Morgan fingerprint density at radius 3 is 1.74 bits per heavy atom. The molecular formula is C19H23O7P. The van der Waals surface area contributed by atoms with Gasteiger partial charge in [0.2, 0.25) is 0 Å². The van der Waals surface area contributed by atoms with Crippen molar-refractivity contribution in [3.8, 4) is 0 Å². The van der Waals surface area contributed by atoms with E-state index >= 15 is 0 Å². The van der Waals surface area contributed by atoms with Gasteiger partial charge in [0.25, 0.3) is 0 Å². The van der Waals surface area contributed by atoms with Crippen molar-refractivity contribution >= 4 is 13.6 Å². The Bertz CT molecular complexity index is 704. The van der Waals surface area contributed by atoms with Gasteiger partial charge in [-0.3, -0.25) is 18.4 Å². The summed E-state index contributed by atoms with van der Waals surface area (Å²) in [6.07, 6.45) is -3.18. The van der Waals surface area contributed by atoms with Crippen LogP contribution in [0.15, 0.2) is 60.7 Å². The third-order valence-corrected chi connectivity index (χ3v) is 5.00. The molecule has 0 aliphatic rings. The van der Waals surface area contributed by atoms with Crippen LogP contribution in [-0.2, 0) is 36.1 Å². The summed E-state index contributed by atoms with van der Waals surface area (Å²) in [4.78, 5) is 11.1. The molecule has 2 rings (SSSR count). The molecule has 0 unspecified atom stereocenters. The minimum Gasteiger partial charge on any atom is -0.388 e. The van der Waals surface area contributed by atoms with E-state index in [1.165, 1.54) is 0 Å². The number of ketones is 1. The lowest BCUT2D eigenvalue weighted by atomic mass is 10.1. The molecule has 2 N–H and O–H groups in total. The van der Waals surface area contributed by atoms with Gasteiger partial charge in [-0.25, -0.2) is 4.57 Å². The topological polar surface area (TPSA) is 102 Å². The number of Topliss-reactive ketones (excluding diaryl/α,β-unsaturated/α-hetero) is 1. The average Bonchev–Trinajstić information content (AvgIpc) is 2.70. The van der Waals surface area contributed by atoms with Gasteiger partial charge < -0.3 is 10.2 Å². The van der Waals surface area contributed by atoms with Crippen molar-refractivity contribution in [2.75, 3.05) is 6.61 Å². The highest BCUT2D eigenvalue weighted by atomic mass is 31.2. The average molecular weight is 394 g/mol. The molecule has 0 bridgehead atoms. The van der Waals surface area contributed by atoms with Gasteiger partial charge in [0.1, 0.15) is 12.2 Å². The Hall–Kier alpha value is -1.86. The van der Waals surface area contributed by atoms with E-state index in [0.29, 0.717) is 0 Å². The fourth-order valence-corrected chi connectivity index (χ4v) is 3.27. The molecule has 0 amide bonds. The zero-order valence-electron chi connectivity index (χ0n) is 14.9. The molecule has 146 valence electrons. The molecule has 0 radical (unpaired) electrons. The SMILES string of the molecule is CC(=O)[C@H](O)[C@@H](O)COP(=O)(OCc1ccccc1)OCc1ccccc1. The van der Waals surface area contributed by atoms with Crippen LogP contribution in [0.2, 0.25) is 0 Å². The molecule has 0 heterocycles. The molecule has 0 aliphatic carbocycles. The number of rotatable bonds is 11. The summed E-state index contributed by atoms with van der Waals surface area (Å²) in [6.45, 7) is 0.489. The van der Waals surface area contributed by atoms with Gasteiger partial charge in [0.05, 0.1) is 19.8 Å². The molecule has 2 atom stereocenters. The van der Waals surface area contributed by atoms with Crippen LogP contribution in [0.25, 0.3) is 0 Å². The summed E-state index contributed by atoms with van der Waals surface area (Å²) >= 11 is 0. The standard InChI is InChI=1S/C19H23O7P/c1-15(20)19(22)18(21)14-26-27(23,24-12-16-8-4-2-5-9-16)25-13-17-10-6-3-7-11-17/h2-11,18-19,21-22H,12-14H2,1H3/t18-,19-/m0/s1. The summed E-state index contributed by atoms with van der Waals surface area (Å²) in [5, 5.41) is 19.4. The first-order valence-electron chi connectivity index (χ1n) is 8.38. The second-order valence-electron chi connectivity index (χ2n) is 5.88. The Labute approximate surface area is 158 Å². The van der Waals surface area contributed by atoms with Crippen LogP contribution < -0.4 is 0 Å². The van der Waals surface area contributed by atoms with Crippen LogP contribution in [0.3, 0.4) is 0 Å². The van der Waals surface area contributed by atoms with Crippen molar-refractivity contribution in [1.29, 1.82) is 0 Å². The largest absolute Gasteiger partial charge is 0.475 e. The maximum absolute atomic E-state index is 12.9. The first-order valence-corrected chi connectivity index (χ1v) is 9.84. The molecule has 7 nitrogen and oxygen atoms in total. The number of aliphatic hydroxyl groups excluding tert-OH is 2. The Morgan fingerprint density at radius 1 is 0.889 bits per heavy atom. The molecule has 0 aliphatic heterocycles. The second-order valence-corrected chi connectivity index (χ2v) is 7.55. The Morgan fingerprint density at radius 2 is 1.33 bits per heavy atom. The quantitative estimate of drug-likeness (QED) is 0.565. The second kappa shape index (κ2) is 10.5. The maximum Gasteiger partial charge on any atom is 0.475 e. The fourth-order valence-electron chi connectivity index (χ4n) is 2.10. The van der Waals surface area contributed by atoms with Crippen molar-refractivity contribution in [1.82, 2.24) is 0 Å². The number of carbonyl (C=O) groups is 1. The van der Waals surface area contributed by atoms with Crippen molar-refractivity contribution in [2.24, 2.45) is 0 Å². The molecule has 2 aromatic rings. The molecule has 0 fully saturated rings. The van der Waals surface area contributed by atoms with E-state index in [1.807, 2.05) is 36.4 Å². The fraction of sp³-hybridized carbons (Fsp3) is 0.316. The van der Waals surface area contributed by atoms with Crippen LogP contribution in [0.4, 0.5) is 0 Å². The number of carbonyl (C=O) groups excluding carboxylic acids is 1. The van der Waals surface area contributed by atoms with Crippen LogP contribution in [0, 0.1) is 0 Å². The molecule has 0 spiro atoms. The van der Waals surface area contributed by atoms with Gasteiger partial charge in [-0.05, 0) is 18.1 Å². The molecule has 27 heavy (non-hydrogen) atoms. The van der Waals surface area contributed by atoms with Gasteiger partial charge in [-0.15, -0.1) is 0 Å². The lowest BCUT2D eigenvalue weighted by Crippen LogP contribution is -2.35. The Kier molecular flexibility index (Phi) is 8.31. The van der Waals surface area contributed by atoms with E-state index in [-0.39, 0.29) is 13.2 Å². The number of phosphoric ester groups is 1. The molecule has 0 aromatic heterocycles. The predicted octanol–water partition coefficient (Wildman–Crippen LogP) is 2.86. The van der Waals surface area contributed by atoms with E-state index in [1.54, 1.807) is 24.3 Å². The van der Waals surface area contributed by atoms with Crippen LogP contribution in [0.1, 0.15) is 18.1 Å². The lowest BCUT2D eigenvalue weighted by Gasteiger charge is -2.21. The lowest BCUT2D eigenvalue weighted by molar-refractivity contribution is -0.132. The van der Waals surface area contributed by atoms with E-state index < -0.39 is 32.4 Å². The van der Waals surface area contributed by atoms with Crippen molar-refractivity contribution in [3.05, 3.63) is 71.8 Å². The number of hydrogen-bond acceptors (Lipinski definition) is 7. The monoisotopic (exact) mass is 394 g/mol. The number of benzene rings is 2. The number of aliphatic hydroxyl groups is 2. The van der Waals surface area contributed by atoms with Gasteiger partial charge >= 0.3 is 7.82 Å². The van der Waals surface area contributed by atoms with Gasteiger partial charge in [0.15, 0.2) is 5.78 Å². The first-order chi connectivity index (χ1) is 12.9. The van der Waals surface area contributed by atoms with Gasteiger partial charge in [-0.2, -0.15) is 0 Å². The van der Waals surface area contributed by atoms with E-state index in [0.717, 1.165) is 18.1 Å². The summed E-state index contributed by atoms with van der Waals surface area (Å²) in [5.41, 5.74) is 1.52. The molecular weight excluding hydrogens is 371 g/mol. The minimum atomic E-state index is -4.06. The first kappa shape index (κ1) is 21.4. The normalized spacial score (nSPS) is 13.9. The van der Waals surface area contributed by atoms with Crippen molar-refractivity contribution < 1.29 is 33.1 Å². The smallest absolute Gasteiger partial charge is 0.388 e. The van der Waals surface area contributed by atoms with E-state index in [4.69, 9.17) is 13.6 Å². The van der Waals surface area contributed by atoms with E-state index in [2.05, 4.69) is 0 Å². The maximum atomic E-state index is 12.9. The highest BCUT2D eigenvalue weighted by Gasteiger charge is 2.31. The predicted molar refractivity (Wildman–Crippen MR) is 98.7 cm³/mol. The molecule has 0 saturated carbocycles. The number of hydrogen-bond donors (Lipinski definition) is 2. The summed E-state index contributed by atoms with van der Waals surface area (Å²) < 4.78 is 28.8. The molecule has 0 saturated heterocycles. The van der Waals surface area contributed by atoms with Crippen molar-refractivity contribution in [3.63, 3.8) is 0 Å².